The van der Waals surface area contributed by atoms with Gasteiger partial charge in [0, 0.05) is 19.0 Å². The van der Waals surface area contributed by atoms with Crippen molar-refractivity contribution in [2.45, 2.75) is 30.7 Å². The molecular formula is C21H23FN6O3S. The van der Waals surface area contributed by atoms with Crippen LogP contribution in [-0.2, 0) is 14.8 Å². The van der Waals surface area contributed by atoms with E-state index in [1.54, 1.807) is 24.3 Å². The Kier molecular flexibility index (Phi) is 6.28. The highest BCUT2D eigenvalue weighted by atomic mass is 32.2. The van der Waals surface area contributed by atoms with Gasteiger partial charge in [0.15, 0.2) is 0 Å². The highest BCUT2D eigenvalue weighted by Crippen LogP contribution is 2.25. The number of nitrogens with one attached hydrogen (secondary N) is 1. The predicted molar refractivity (Wildman–Crippen MR) is 114 cm³/mol. The summed E-state index contributed by atoms with van der Waals surface area (Å²) < 4.78 is 41.9. The van der Waals surface area contributed by atoms with Crippen molar-refractivity contribution >= 4 is 15.9 Å². The summed E-state index contributed by atoms with van der Waals surface area (Å²) in [6.07, 6.45) is 2.30. The second-order valence-electron chi connectivity index (χ2n) is 7.71. The molecule has 4 rings (SSSR count). The Morgan fingerprint density at radius 1 is 1.09 bits per heavy atom. The van der Waals surface area contributed by atoms with E-state index < -0.39 is 10.0 Å². The first-order valence-corrected chi connectivity index (χ1v) is 11.7. The van der Waals surface area contributed by atoms with Gasteiger partial charge in [-0.25, -0.2) is 17.5 Å². The minimum absolute atomic E-state index is 0.121. The molecule has 2 aromatic carbocycles. The van der Waals surface area contributed by atoms with Gasteiger partial charge in [-0.15, -0.1) is 5.10 Å². The molecule has 1 saturated heterocycles. The van der Waals surface area contributed by atoms with Gasteiger partial charge < -0.3 is 5.32 Å². The molecule has 1 aliphatic heterocycles. The van der Waals surface area contributed by atoms with Crippen LogP contribution in [0, 0.1) is 11.7 Å². The summed E-state index contributed by atoms with van der Waals surface area (Å²) in [5.41, 5.74) is 1.46. The van der Waals surface area contributed by atoms with Crippen LogP contribution in [0.25, 0.3) is 5.69 Å². The smallest absolute Gasteiger partial charge is 0.243 e. The minimum atomic E-state index is -3.66. The molecule has 9 nitrogen and oxygen atoms in total. The van der Waals surface area contributed by atoms with E-state index in [0.29, 0.717) is 18.5 Å². The number of rotatable bonds is 6. The minimum Gasteiger partial charge on any atom is -0.349 e. The number of carbonyl (C=O) groups excluding carboxylic acids is 1. The van der Waals surface area contributed by atoms with Crippen LogP contribution in [0.3, 0.4) is 0 Å². The number of sulfonamides is 1. The Balaban J connectivity index is 1.35. The van der Waals surface area contributed by atoms with E-state index in [2.05, 4.69) is 20.8 Å². The van der Waals surface area contributed by atoms with Crippen LogP contribution in [0.1, 0.15) is 31.4 Å². The summed E-state index contributed by atoms with van der Waals surface area (Å²) in [6, 6.07) is 12.1. The number of tetrazole rings is 1. The molecule has 1 amide bonds. The molecule has 0 aliphatic carbocycles. The quantitative estimate of drug-likeness (QED) is 0.606. The summed E-state index contributed by atoms with van der Waals surface area (Å²) >= 11 is 0. The van der Waals surface area contributed by atoms with E-state index in [1.165, 1.54) is 39.6 Å². The molecule has 0 radical (unpaired) electrons. The number of aromatic nitrogens is 4. The highest BCUT2D eigenvalue weighted by molar-refractivity contribution is 7.89. The lowest BCUT2D eigenvalue weighted by Crippen LogP contribution is -2.43. The Labute approximate surface area is 185 Å². The van der Waals surface area contributed by atoms with Gasteiger partial charge >= 0.3 is 0 Å². The van der Waals surface area contributed by atoms with E-state index in [1.807, 2.05) is 6.92 Å². The number of halogens is 1. The standard InChI is InChI=1S/C21H23FN6O3S/c1-15(16-2-4-18(22)5-3-16)24-21(29)17-10-12-27(13-11-17)32(30,31)20-8-6-19(7-9-20)28-14-23-25-26-28/h2-9,14-15,17H,10-13H2,1H3,(H,24,29)/t15-/m1/s1. The van der Waals surface area contributed by atoms with Crippen LogP contribution in [0.4, 0.5) is 4.39 Å². The maximum atomic E-state index is 13.1. The van der Waals surface area contributed by atoms with E-state index >= 15 is 0 Å². The van der Waals surface area contributed by atoms with Crippen LogP contribution in [0.2, 0.25) is 0 Å². The van der Waals surface area contributed by atoms with Crippen LogP contribution in [0.15, 0.2) is 59.8 Å². The van der Waals surface area contributed by atoms with Crippen molar-refractivity contribution in [1.82, 2.24) is 29.8 Å². The van der Waals surface area contributed by atoms with Crippen LogP contribution in [0.5, 0.6) is 0 Å². The van der Waals surface area contributed by atoms with Gasteiger partial charge in [-0.3, -0.25) is 4.79 Å². The lowest BCUT2D eigenvalue weighted by molar-refractivity contribution is -0.126. The third-order valence-corrected chi connectivity index (χ3v) is 7.55. The number of hydrogen-bond donors (Lipinski definition) is 1. The molecule has 0 unspecified atom stereocenters. The molecule has 0 saturated carbocycles. The fourth-order valence-electron chi connectivity index (χ4n) is 3.72. The molecule has 2 heterocycles. The molecule has 0 spiro atoms. The van der Waals surface area contributed by atoms with Crippen molar-refractivity contribution in [1.29, 1.82) is 0 Å². The Morgan fingerprint density at radius 2 is 1.75 bits per heavy atom. The van der Waals surface area contributed by atoms with Gasteiger partial charge in [-0.1, -0.05) is 12.1 Å². The van der Waals surface area contributed by atoms with E-state index in [4.69, 9.17) is 0 Å². The number of amides is 1. The van der Waals surface area contributed by atoms with Gasteiger partial charge in [0.05, 0.1) is 16.6 Å². The largest absolute Gasteiger partial charge is 0.349 e. The van der Waals surface area contributed by atoms with Gasteiger partial charge in [-0.2, -0.15) is 4.31 Å². The summed E-state index contributed by atoms with van der Waals surface area (Å²) in [6.45, 7) is 2.37. The first-order valence-electron chi connectivity index (χ1n) is 10.2. The second kappa shape index (κ2) is 9.13. The number of piperidine rings is 1. The van der Waals surface area contributed by atoms with Crippen LogP contribution < -0.4 is 5.32 Å². The molecule has 1 fully saturated rings. The Hall–Kier alpha value is -3.18. The second-order valence-corrected chi connectivity index (χ2v) is 9.65. The first kappa shape index (κ1) is 22.0. The Morgan fingerprint density at radius 3 is 2.34 bits per heavy atom. The van der Waals surface area contributed by atoms with E-state index in [-0.39, 0.29) is 41.7 Å². The fraction of sp³-hybridized carbons (Fsp3) is 0.333. The Bertz CT molecular complexity index is 1160. The molecule has 3 aromatic rings. The van der Waals surface area contributed by atoms with Crippen molar-refractivity contribution in [3.8, 4) is 5.69 Å². The number of benzene rings is 2. The zero-order valence-corrected chi connectivity index (χ0v) is 18.2. The van der Waals surface area contributed by atoms with Crippen molar-refractivity contribution < 1.29 is 17.6 Å². The number of hydrogen-bond acceptors (Lipinski definition) is 6. The molecule has 32 heavy (non-hydrogen) atoms. The monoisotopic (exact) mass is 458 g/mol. The lowest BCUT2D eigenvalue weighted by Gasteiger charge is -2.31. The van der Waals surface area contributed by atoms with Gasteiger partial charge in [0.25, 0.3) is 0 Å². The zero-order valence-electron chi connectivity index (χ0n) is 17.4. The molecule has 1 atom stereocenters. The maximum Gasteiger partial charge on any atom is 0.243 e. The van der Waals surface area contributed by atoms with E-state index in [9.17, 15) is 17.6 Å². The number of nitrogens with zero attached hydrogens (tertiary/aromatic N) is 5. The van der Waals surface area contributed by atoms with Gasteiger partial charge in [0.2, 0.25) is 15.9 Å². The van der Waals surface area contributed by atoms with Gasteiger partial charge in [-0.05, 0) is 72.2 Å². The highest BCUT2D eigenvalue weighted by Gasteiger charge is 2.32. The van der Waals surface area contributed by atoms with Crippen molar-refractivity contribution in [2.75, 3.05) is 13.1 Å². The normalized spacial score (nSPS) is 16.6. The predicted octanol–water partition coefficient (Wildman–Crippen LogP) is 2.08. The zero-order chi connectivity index (χ0) is 22.7. The van der Waals surface area contributed by atoms with Crippen molar-refractivity contribution in [2.24, 2.45) is 5.92 Å². The summed E-state index contributed by atoms with van der Waals surface area (Å²) in [5, 5.41) is 13.8. The average molecular weight is 459 g/mol. The van der Waals surface area contributed by atoms with E-state index in [0.717, 1.165) is 5.56 Å². The molecule has 0 bridgehead atoms. The lowest BCUT2D eigenvalue weighted by atomic mass is 9.96. The third-order valence-electron chi connectivity index (χ3n) is 5.64. The van der Waals surface area contributed by atoms with Crippen LogP contribution in [-0.4, -0.2) is 51.9 Å². The molecule has 11 heteroatoms. The summed E-state index contributed by atoms with van der Waals surface area (Å²) in [5.74, 6) is -0.720. The molecule has 1 aliphatic rings. The SMILES string of the molecule is C[C@@H](NC(=O)C1CCN(S(=O)(=O)c2ccc(-n3cnnn3)cc2)CC1)c1ccc(F)cc1. The molecule has 168 valence electrons. The molecule has 1 N–H and O–H groups in total. The topological polar surface area (TPSA) is 110 Å². The van der Waals surface area contributed by atoms with Crippen molar-refractivity contribution in [3.05, 3.63) is 66.2 Å². The summed E-state index contributed by atoms with van der Waals surface area (Å²) in [4.78, 5) is 12.8. The fourth-order valence-corrected chi connectivity index (χ4v) is 5.19. The summed E-state index contributed by atoms with van der Waals surface area (Å²) in [7, 11) is -3.66. The third kappa shape index (κ3) is 4.68. The van der Waals surface area contributed by atoms with Crippen molar-refractivity contribution in [3.63, 3.8) is 0 Å². The average Bonchev–Trinajstić information content (AvgIpc) is 3.35. The first-order chi connectivity index (χ1) is 15.3. The maximum absolute atomic E-state index is 13.1. The van der Waals surface area contributed by atoms with Crippen LogP contribution >= 0.6 is 0 Å². The molecule has 1 aromatic heterocycles. The van der Waals surface area contributed by atoms with Gasteiger partial charge in [0.1, 0.15) is 12.1 Å². The number of carbonyl (C=O) groups is 1. The molecular weight excluding hydrogens is 435 g/mol.